The maximum Gasteiger partial charge on any atom is 0.317 e. The quantitative estimate of drug-likeness (QED) is 0.754. The maximum absolute atomic E-state index is 11.9. The number of fused-ring (bicyclic) bond motifs is 1. The third-order valence-electron chi connectivity index (χ3n) is 4.61. The van der Waals surface area contributed by atoms with Gasteiger partial charge in [0.1, 0.15) is 5.82 Å². The monoisotopic (exact) mass is 351 g/mol. The molecule has 1 atom stereocenters. The third kappa shape index (κ3) is 3.17. The Morgan fingerprint density at radius 2 is 2.08 bits per heavy atom. The molecule has 4 rings (SSSR count). The number of rotatable bonds is 3. The van der Waals surface area contributed by atoms with Crippen LogP contribution in [0.3, 0.4) is 0 Å². The first-order valence-corrected chi connectivity index (χ1v) is 8.73. The van der Waals surface area contributed by atoms with Crippen molar-refractivity contribution in [2.75, 3.05) is 25.5 Å². The minimum atomic E-state index is -0.0329. The molecule has 1 saturated heterocycles. The fourth-order valence-electron chi connectivity index (χ4n) is 3.32. The van der Waals surface area contributed by atoms with Gasteiger partial charge in [-0.1, -0.05) is 0 Å². The number of anilines is 1. The molecule has 134 valence electrons. The van der Waals surface area contributed by atoms with Crippen LogP contribution in [0.15, 0.2) is 42.9 Å². The van der Waals surface area contributed by atoms with Gasteiger partial charge in [0.05, 0.1) is 11.9 Å². The zero-order valence-electron chi connectivity index (χ0n) is 14.6. The van der Waals surface area contributed by atoms with Crippen LogP contribution in [-0.4, -0.2) is 56.7 Å². The Morgan fingerprint density at radius 1 is 1.23 bits per heavy atom. The molecule has 1 fully saturated rings. The number of hydrogen-bond acceptors (Lipinski definition) is 5. The van der Waals surface area contributed by atoms with E-state index < -0.39 is 0 Å². The maximum atomic E-state index is 11.9. The zero-order chi connectivity index (χ0) is 17.9. The largest absolute Gasteiger partial charge is 0.364 e. The summed E-state index contributed by atoms with van der Waals surface area (Å²) in [5.74, 6) is 0.773. The predicted molar refractivity (Wildman–Crippen MR) is 98.9 cm³/mol. The number of amides is 2. The Kier molecular flexibility index (Phi) is 4.39. The van der Waals surface area contributed by atoms with E-state index in [2.05, 4.69) is 20.6 Å². The van der Waals surface area contributed by atoms with Crippen molar-refractivity contribution >= 4 is 17.5 Å². The van der Waals surface area contributed by atoms with E-state index in [0.717, 1.165) is 42.1 Å². The van der Waals surface area contributed by atoms with Gasteiger partial charge in [0.2, 0.25) is 0 Å². The Balaban J connectivity index is 1.57. The number of carbonyl (C=O) groups excluding carboxylic acids is 1. The average Bonchev–Trinajstić information content (AvgIpc) is 3.11. The summed E-state index contributed by atoms with van der Waals surface area (Å²) in [5.41, 5.74) is 2.72. The second-order valence-corrected chi connectivity index (χ2v) is 6.35. The molecule has 1 unspecified atom stereocenters. The number of pyridine rings is 1. The van der Waals surface area contributed by atoms with Crippen LogP contribution in [0.5, 0.6) is 0 Å². The molecule has 0 bridgehead atoms. The van der Waals surface area contributed by atoms with Gasteiger partial charge in [0.25, 0.3) is 0 Å². The van der Waals surface area contributed by atoms with Gasteiger partial charge < -0.3 is 15.5 Å². The van der Waals surface area contributed by atoms with E-state index in [1.165, 1.54) is 0 Å². The van der Waals surface area contributed by atoms with Crippen LogP contribution in [0, 0.1) is 0 Å². The molecular formula is C18H21N7O. The smallest absolute Gasteiger partial charge is 0.317 e. The van der Waals surface area contributed by atoms with E-state index in [4.69, 9.17) is 5.10 Å². The van der Waals surface area contributed by atoms with Gasteiger partial charge >= 0.3 is 6.03 Å². The van der Waals surface area contributed by atoms with E-state index in [0.29, 0.717) is 6.54 Å². The zero-order valence-corrected chi connectivity index (χ0v) is 14.6. The molecule has 1 aliphatic heterocycles. The molecule has 8 heteroatoms. The molecule has 0 radical (unpaired) electrons. The molecule has 0 spiro atoms. The highest BCUT2D eigenvalue weighted by Gasteiger charge is 2.23. The summed E-state index contributed by atoms with van der Waals surface area (Å²) in [6, 6.07) is 7.89. The Labute approximate surface area is 151 Å². The number of carbonyl (C=O) groups is 1. The van der Waals surface area contributed by atoms with Crippen molar-refractivity contribution < 1.29 is 4.79 Å². The van der Waals surface area contributed by atoms with Crippen molar-refractivity contribution in [2.45, 2.75) is 18.9 Å². The lowest BCUT2D eigenvalue weighted by molar-refractivity contribution is 0.184. The molecule has 2 amide bonds. The molecular weight excluding hydrogens is 330 g/mol. The van der Waals surface area contributed by atoms with Crippen LogP contribution in [0.1, 0.15) is 12.8 Å². The number of nitrogens with one attached hydrogen (secondary N) is 2. The number of urea groups is 1. The average molecular weight is 351 g/mol. The molecule has 3 aromatic heterocycles. The first-order valence-electron chi connectivity index (χ1n) is 8.73. The van der Waals surface area contributed by atoms with Crippen molar-refractivity contribution in [3.8, 4) is 11.3 Å². The highest BCUT2D eigenvalue weighted by molar-refractivity contribution is 5.74. The summed E-state index contributed by atoms with van der Waals surface area (Å²) in [6.07, 6.45) is 7.31. The van der Waals surface area contributed by atoms with Crippen LogP contribution >= 0.6 is 0 Å². The summed E-state index contributed by atoms with van der Waals surface area (Å²) in [4.78, 5) is 22.2. The second kappa shape index (κ2) is 6.99. The van der Waals surface area contributed by atoms with Gasteiger partial charge in [-0.25, -0.2) is 14.3 Å². The number of nitrogens with zero attached hydrogens (tertiary/aromatic N) is 5. The van der Waals surface area contributed by atoms with Gasteiger partial charge in [0.15, 0.2) is 5.65 Å². The van der Waals surface area contributed by atoms with Crippen LogP contribution in [0.2, 0.25) is 0 Å². The predicted octanol–water partition coefficient (Wildman–Crippen LogP) is 2.01. The Hall–Kier alpha value is -3.16. The normalized spacial score (nSPS) is 17.3. The summed E-state index contributed by atoms with van der Waals surface area (Å²) < 4.78 is 1.83. The Bertz CT molecular complexity index is 908. The molecule has 3 aromatic rings. The summed E-state index contributed by atoms with van der Waals surface area (Å²) in [5, 5.41) is 10.8. The van der Waals surface area contributed by atoms with Gasteiger partial charge in [-0.05, 0) is 37.1 Å². The van der Waals surface area contributed by atoms with E-state index >= 15 is 0 Å². The van der Waals surface area contributed by atoms with E-state index in [9.17, 15) is 4.79 Å². The molecule has 4 heterocycles. The van der Waals surface area contributed by atoms with E-state index in [-0.39, 0.29) is 12.1 Å². The minimum absolute atomic E-state index is 0.0329. The van der Waals surface area contributed by atoms with Crippen molar-refractivity contribution in [3.63, 3.8) is 0 Å². The number of hydrogen-bond donors (Lipinski definition) is 2. The first-order chi connectivity index (χ1) is 12.7. The van der Waals surface area contributed by atoms with Crippen molar-refractivity contribution in [1.82, 2.24) is 29.8 Å². The number of piperidine rings is 1. The fourth-order valence-corrected chi connectivity index (χ4v) is 3.32. The summed E-state index contributed by atoms with van der Waals surface area (Å²) in [6.45, 7) is 1.46. The van der Waals surface area contributed by atoms with Gasteiger partial charge in [-0.2, -0.15) is 0 Å². The van der Waals surface area contributed by atoms with Crippen molar-refractivity contribution in [3.05, 3.63) is 42.9 Å². The summed E-state index contributed by atoms with van der Waals surface area (Å²) in [7, 11) is 1.66. The van der Waals surface area contributed by atoms with Crippen LogP contribution in [-0.2, 0) is 0 Å². The molecule has 2 N–H and O–H groups in total. The van der Waals surface area contributed by atoms with Gasteiger partial charge in [-0.15, -0.1) is 5.10 Å². The van der Waals surface area contributed by atoms with Crippen molar-refractivity contribution in [1.29, 1.82) is 0 Å². The topological polar surface area (TPSA) is 87.5 Å². The van der Waals surface area contributed by atoms with Gasteiger partial charge in [-0.3, -0.25) is 4.98 Å². The molecule has 0 aliphatic carbocycles. The number of imidazole rings is 1. The summed E-state index contributed by atoms with van der Waals surface area (Å²) >= 11 is 0. The number of aromatic nitrogens is 4. The van der Waals surface area contributed by atoms with Crippen LogP contribution in [0.4, 0.5) is 10.6 Å². The molecule has 1 aliphatic rings. The molecule has 0 saturated carbocycles. The first kappa shape index (κ1) is 16.3. The Morgan fingerprint density at radius 3 is 2.88 bits per heavy atom. The minimum Gasteiger partial charge on any atom is -0.364 e. The second-order valence-electron chi connectivity index (χ2n) is 6.35. The SMILES string of the molecule is CNC(=O)N1CCCC(Nc2ccc3ncc(-c4ccncc4)n3n2)C1. The highest BCUT2D eigenvalue weighted by atomic mass is 16.2. The van der Waals surface area contributed by atoms with Crippen LogP contribution < -0.4 is 10.6 Å². The number of likely N-dealkylation sites (tertiary alicyclic amines) is 1. The lowest BCUT2D eigenvalue weighted by Gasteiger charge is -2.33. The molecule has 0 aromatic carbocycles. The highest BCUT2D eigenvalue weighted by Crippen LogP contribution is 2.21. The van der Waals surface area contributed by atoms with Crippen LogP contribution in [0.25, 0.3) is 16.9 Å². The lowest BCUT2D eigenvalue weighted by Crippen LogP contribution is -2.48. The molecule has 26 heavy (non-hydrogen) atoms. The van der Waals surface area contributed by atoms with E-state index in [1.54, 1.807) is 19.4 Å². The van der Waals surface area contributed by atoms with E-state index in [1.807, 2.05) is 39.9 Å². The standard InChI is InChI=1S/C18H21N7O/c1-19-18(26)24-10-2-3-14(12-24)22-16-4-5-17-21-11-15(25(17)23-16)13-6-8-20-9-7-13/h4-9,11,14H,2-3,10,12H2,1H3,(H,19,26)(H,22,23). The van der Waals surface area contributed by atoms with Crippen molar-refractivity contribution in [2.24, 2.45) is 0 Å². The lowest BCUT2D eigenvalue weighted by atomic mass is 10.1. The molecule has 8 nitrogen and oxygen atoms in total. The third-order valence-corrected chi connectivity index (χ3v) is 4.61. The van der Waals surface area contributed by atoms with Gasteiger partial charge in [0, 0.05) is 44.1 Å². The fraction of sp³-hybridized carbons (Fsp3) is 0.333.